The summed E-state index contributed by atoms with van der Waals surface area (Å²) in [6, 6.07) is 3.18. The summed E-state index contributed by atoms with van der Waals surface area (Å²) in [5.74, 6) is -1.28. The molecule has 0 radical (unpaired) electrons. The predicted octanol–water partition coefficient (Wildman–Crippen LogP) is 3.67. The molecule has 0 bridgehead atoms. The molecule has 0 unspecified atom stereocenters. The fraction of sp³-hybridized carbons (Fsp3) is 0.455. The Morgan fingerprint density at radius 1 is 1.21 bits per heavy atom. The Balaban J connectivity index is 1.91. The summed E-state index contributed by atoms with van der Waals surface area (Å²) >= 11 is 1.15. The van der Waals surface area contributed by atoms with E-state index in [-0.39, 0.29) is 35.3 Å². The summed E-state index contributed by atoms with van der Waals surface area (Å²) in [5.41, 5.74) is 5.74. The second-order valence-corrected chi connectivity index (χ2v) is 9.46. The number of rotatable bonds is 7. The molecule has 0 fully saturated rings. The van der Waals surface area contributed by atoms with Crippen LogP contribution in [0.3, 0.4) is 0 Å². The molecule has 2 N–H and O–H groups in total. The van der Waals surface area contributed by atoms with Crippen LogP contribution in [0.1, 0.15) is 63.2 Å². The maximum absolute atomic E-state index is 12.9. The quantitative estimate of drug-likeness (QED) is 0.360. The smallest absolute Gasteiger partial charge is 0.362 e. The second kappa shape index (κ2) is 9.26. The van der Waals surface area contributed by atoms with E-state index in [2.05, 4.69) is 10.1 Å². The van der Waals surface area contributed by atoms with Gasteiger partial charge in [-0.1, -0.05) is 5.16 Å². The van der Waals surface area contributed by atoms with Crippen LogP contribution in [0.25, 0.3) is 0 Å². The fourth-order valence-corrected chi connectivity index (χ4v) is 3.45. The Morgan fingerprint density at radius 2 is 1.88 bits per heavy atom. The highest BCUT2D eigenvalue weighted by Crippen LogP contribution is 2.41. The standard InChI is InChI=1S/C22H27N3O7S/c1-7-28-19(27)17(14-11-33-20(23)24-14)25-29-10-12-8-15-16(31-22(5,6)30-15)9-13(12)18(26)32-21(2,3)4/h8-9,11H,7,10H2,1-6H3,(H2,23,24)/b25-17-. The summed E-state index contributed by atoms with van der Waals surface area (Å²) in [4.78, 5) is 34.7. The summed E-state index contributed by atoms with van der Waals surface area (Å²) in [6.45, 7) is 10.5. The minimum absolute atomic E-state index is 0.134. The van der Waals surface area contributed by atoms with E-state index in [4.69, 9.17) is 29.5 Å². The van der Waals surface area contributed by atoms with Crippen LogP contribution >= 0.6 is 11.3 Å². The van der Waals surface area contributed by atoms with E-state index in [1.807, 2.05) is 0 Å². The van der Waals surface area contributed by atoms with Crippen molar-refractivity contribution in [2.45, 2.75) is 59.5 Å². The van der Waals surface area contributed by atoms with Crippen molar-refractivity contribution < 1.29 is 33.4 Å². The van der Waals surface area contributed by atoms with Gasteiger partial charge in [-0.2, -0.15) is 0 Å². The number of nitrogen functional groups attached to an aromatic ring is 1. The van der Waals surface area contributed by atoms with Gasteiger partial charge in [0.2, 0.25) is 11.5 Å². The van der Waals surface area contributed by atoms with Crippen LogP contribution in [0, 0.1) is 0 Å². The molecule has 178 valence electrons. The number of anilines is 1. The van der Waals surface area contributed by atoms with Gasteiger partial charge in [-0.05, 0) is 39.8 Å². The molecule has 0 saturated heterocycles. The number of nitrogens with zero attached hydrogens (tertiary/aromatic N) is 2. The number of benzene rings is 1. The average molecular weight is 478 g/mol. The van der Waals surface area contributed by atoms with Crippen molar-refractivity contribution in [3.05, 3.63) is 34.3 Å². The first-order valence-electron chi connectivity index (χ1n) is 10.3. The lowest BCUT2D eigenvalue weighted by Crippen LogP contribution is -2.29. The van der Waals surface area contributed by atoms with Gasteiger partial charge in [0.15, 0.2) is 16.6 Å². The van der Waals surface area contributed by atoms with E-state index in [0.29, 0.717) is 17.1 Å². The molecule has 0 saturated carbocycles. The third kappa shape index (κ3) is 6.13. The van der Waals surface area contributed by atoms with Crippen molar-refractivity contribution >= 4 is 34.1 Å². The first-order chi connectivity index (χ1) is 15.4. The van der Waals surface area contributed by atoms with Crippen LogP contribution in [0.2, 0.25) is 0 Å². The highest BCUT2D eigenvalue weighted by Gasteiger charge is 2.34. The number of esters is 2. The Kier molecular flexibility index (Phi) is 6.82. The van der Waals surface area contributed by atoms with Gasteiger partial charge >= 0.3 is 11.9 Å². The monoisotopic (exact) mass is 477 g/mol. The van der Waals surface area contributed by atoms with E-state index >= 15 is 0 Å². The van der Waals surface area contributed by atoms with Gasteiger partial charge in [0.05, 0.1) is 12.2 Å². The van der Waals surface area contributed by atoms with Crippen LogP contribution in [-0.2, 0) is 25.7 Å². The molecular weight excluding hydrogens is 450 g/mol. The van der Waals surface area contributed by atoms with Crippen LogP contribution in [0.4, 0.5) is 5.13 Å². The van der Waals surface area contributed by atoms with Gasteiger partial charge in [-0.15, -0.1) is 11.3 Å². The van der Waals surface area contributed by atoms with Gasteiger partial charge < -0.3 is 29.5 Å². The number of thiazole rings is 1. The molecule has 0 spiro atoms. The lowest BCUT2D eigenvalue weighted by molar-refractivity contribution is -0.135. The Hall–Kier alpha value is -3.34. The molecule has 10 nitrogen and oxygen atoms in total. The Morgan fingerprint density at radius 3 is 2.45 bits per heavy atom. The zero-order valence-corrected chi connectivity index (χ0v) is 20.2. The van der Waals surface area contributed by atoms with Crippen LogP contribution in [0.15, 0.2) is 22.7 Å². The lowest BCUT2D eigenvalue weighted by Gasteiger charge is -2.20. The van der Waals surface area contributed by atoms with E-state index in [1.54, 1.807) is 59.1 Å². The first-order valence-corrected chi connectivity index (χ1v) is 11.1. The zero-order chi connectivity index (χ0) is 24.4. The number of hydrogen-bond donors (Lipinski definition) is 1. The number of carbonyl (C=O) groups is 2. The average Bonchev–Trinajstić information content (AvgIpc) is 3.23. The number of nitrogens with two attached hydrogens (primary N) is 1. The Labute approximate surface area is 195 Å². The van der Waals surface area contributed by atoms with Crippen molar-refractivity contribution in [1.29, 1.82) is 0 Å². The van der Waals surface area contributed by atoms with Gasteiger partial charge in [-0.3, -0.25) is 0 Å². The molecule has 11 heteroatoms. The van der Waals surface area contributed by atoms with Crippen molar-refractivity contribution in [2.75, 3.05) is 12.3 Å². The molecule has 1 aromatic heterocycles. The number of aromatic nitrogens is 1. The first kappa shape index (κ1) is 24.3. The van der Waals surface area contributed by atoms with E-state index in [1.165, 1.54) is 0 Å². The molecular formula is C22H27N3O7S. The third-order valence-corrected chi connectivity index (χ3v) is 4.78. The maximum Gasteiger partial charge on any atom is 0.362 e. The molecule has 2 aromatic rings. The zero-order valence-electron chi connectivity index (χ0n) is 19.4. The van der Waals surface area contributed by atoms with E-state index in [0.717, 1.165) is 11.3 Å². The highest BCUT2D eigenvalue weighted by atomic mass is 32.1. The van der Waals surface area contributed by atoms with Crippen molar-refractivity contribution in [2.24, 2.45) is 5.16 Å². The third-order valence-electron chi connectivity index (χ3n) is 4.11. The van der Waals surface area contributed by atoms with Crippen LogP contribution < -0.4 is 15.2 Å². The minimum Gasteiger partial charge on any atom is -0.461 e. The molecule has 3 rings (SSSR count). The van der Waals surface area contributed by atoms with Gasteiger partial charge in [-0.25, -0.2) is 14.6 Å². The molecule has 1 aliphatic rings. The molecule has 1 aromatic carbocycles. The molecule has 0 atom stereocenters. The van der Waals surface area contributed by atoms with E-state index < -0.39 is 23.3 Å². The number of carbonyl (C=O) groups excluding carboxylic acids is 2. The SMILES string of the molecule is CCOC(=O)/C(=N\OCc1cc2c(cc1C(=O)OC(C)(C)C)OC(C)(C)O2)c1csc(N)n1. The number of ether oxygens (including phenoxy) is 4. The maximum atomic E-state index is 12.9. The molecule has 2 heterocycles. The van der Waals surface area contributed by atoms with Crippen LogP contribution in [0.5, 0.6) is 11.5 Å². The molecule has 0 aliphatic carbocycles. The normalized spacial score (nSPS) is 14.7. The largest absolute Gasteiger partial charge is 0.461 e. The number of fused-ring (bicyclic) bond motifs is 1. The highest BCUT2D eigenvalue weighted by molar-refractivity contribution is 7.13. The second-order valence-electron chi connectivity index (χ2n) is 8.57. The van der Waals surface area contributed by atoms with Crippen LogP contribution in [-0.4, -0.2) is 40.6 Å². The van der Waals surface area contributed by atoms with Gasteiger partial charge in [0.1, 0.15) is 17.9 Å². The summed E-state index contributed by atoms with van der Waals surface area (Å²) in [5, 5.41) is 5.77. The van der Waals surface area contributed by atoms with Crippen molar-refractivity contribution in [3.63, 3.8) is 0 Å². The van der Waals surface area contributed by atoms with Crippen molar-refractivity contribution in [1.82, 2.24) is 4.98 Å². The summed E-state index contributed by atoms with van der Waals surface area (Å²) in [7, 11) is 0. The Bertz CT molecular complexity index is 1090. The molecule has 1 aliphatic heterocycles. The molecule has 0 amide bonds. The molecule has 33 heavy (non-hydrogen) atoms. The predicted molar refractivity (Wildman–Crippen MR) is 121 cm³/mol. The van der Waals surface area contributed by atoms with Gasteiger partial charge in [0.25, 0.3) is 0 Å². The summed E-state index contributed by atoms with van der Waals surface area (Å²) in [6.07, 6.45) is 0. The lowest BCUT2D eigenvalue weighted by atomic mass is 10.1. The fourth-order valence-electron chi connectivity index (χ4n) is 2.91. The topological polar surface area (TPSA) is 132 Å². The van der Waals surface area contributed by atoms with Gasteiger partial charge in [0, 0.05) is 24.8 Å². The number of hydrogen-bond acceptors (Lipinski definition) is 11. The van der Waals surface area contributed by atoms with E-state index in [9.17, 15) is 9.59 Å². The summed E-state index contributed by atoms with van der Waals surface area (Å²) < 4.78 is 22.1. The number of oxime groups is 1. The van der Waals surface area contributed by atoms with Crippen molar-refractivity contribution in [3.8, 4) is 11.5 Å². The minimum atomic E-state index is -0.882.